The Bertz CT molecular complexity index is 711. The molecule has 5 atom stereocenters. The van der Waals surface area contributed by atoms with Gasteiger partial charge >= 0.3 is 0 Å². The molecule has 136 valence electrons. The van der Waals surface area contributed by atoms with Crippen molar-refractivity contribution in [2.45, 2.75) is 71.8 Å². The van der Waals surface area contributed by atoms with E-state index in [1.54, 1.807) is 0 Å². The van der Waals surface area contributed by atoms with Gasteiger partial charge in [0.25, 0.3) is 0 Å². The zero-order valence-corrected chi connectivity index (χ0v) is 16.0. The maximum Gasteiger partial charge on any atom is 0.115 e. The Morgan fingerprint density at radius 1 is 1.20 bits per heavy atom. The van der Waals surface area contributed by atoms with Crippen molar-refractivity contribution in [2.24, 2.45) is 22.7 Å². The van der Waals surface area contributed by atoms with Crippen LogP contribution in [0, 0.1) is 22.7 Å². The van der Waals surface area contributed by atoms with Crippen molar-refractivity contribution in [3.05, 3.63) is 41.0 Å². The van der Waals surface area contributed by atoms with Crippen molar-refractivity contribution in [3.8, 4) is 5.75 Å². The summed E-state index contributed by atoms with van der Waals surface area (Å²) >= 11 is 0. The quantitative estimate of drug-likeness (QED) is 0.638. The highest BCUT2D eigenvalue weighted by molar-refractivity contribution is 5.41. The molecule has 0 aromatic heterocycles. The fourth-order valence-electron chi connectivity index (χ4n) is 6.12. The Labute approximate surface area is 152 Å². The van der Waals surface area contributed by atoms with E-state index in [4.69, 9.17) is 0 Å². The number of phenols is 1. The van der Waals surface area contributed by atoms with Gasteiger partial charge in [0.05, 0.1) is 6.10 Å². The molecule has 0 saturated heterocycles. The van der Waals surface area contributed by atoms with Crippen LogP contribution in [-0.2, 0) is 6.42 Å². The van der Waals surface area contributed by atoms with E-state index in [9.17, 15) is 10.2 Å². The molecular formula is C23H32O2. The van der Waals surface area contributed by atoms with E-state index in [2.05, 4.69) is 39.8 Å². The highest BCUT2D eigenvalue weighted by Crippen LogP contribution is 2.62. The highest BCUT2D eigenvalue weighted by Gasteiger charge is 2.56. The Balaban J connectivity index is 1.69. The van der Waals surface area contributed by atoms with Gasteiger partial charge in [-0.25, -0.2) is 0 Å². The van der Waals surface area contributed by atoms with Crippen LogP contribution in [0.3, 0.4) is 0 Å². The average Bonchev–Trinajstić information content (AvgIpc) is 2.77. The predicted molar refractivity (Wildman–Crippen MR) is 102 cm³/mol. The largest absolute Gasteiger partial charge is 0.508 e. The van der Waals surface area contributed by atoms with Crippen LogP contribution >= 0.6 is 0 Å². The number of phenolic OH excluding ortho intramolecular Hbond substituents is 1. The molecule has 1 aromatic carbocycles. The molecular weight excluding hydrogens is 308 g/mol. The van der Waals surface area contributed by atoms with Gasteiger partial charge < -0.3 is 10.2 Å². The normalized spacial score (nSPS) is 39.0. The van der Waals surface area contributed by atoms with E-state index in [1.165, 1.54) is 23.1 Å². The van der Waals surface area contributed by atoms with Crippen molar-refractivity contribution < 1.29 is 10.2 Å². The summed E-state index contributed by atoms with van der Waals surface area (Å²) in [6, 6.07) is 5.97. The molecule has 0 bridgehead atoms. The number of aryl methyl sites for hydroxylation is 1. The lowest BCUT2D eigenvalue weighted by Crippen LogP contribution is -2.44. The van der Waals surface area contributed by atoms with Gasteiger partial charge in [0, 0.05) is 5.41 Å². The number of hydrogen-bond acceptors (Lipinski definition) is 2. The van der Waals surface area contributed by atoms with Gasteiger partial charge in [0.15, 0.2) is 0 Å². The van der Waals surface area contributed by atoms with E-state index >= 15 is 0 Å². The van der Waals surface area contributed by atoms with Crippen molar-refractivity contribution in [2.75, 3.05) is 0 Å². The molecule has 3 aliphatic rings. The predicted octanol–water partition coefficient (Wildman–Crippen LogP) is 5.19. The minimum Gasteiger partial charge on any atom is -0.508 e. The average molecular weight is 341 g/mol. The second-order valence-corrected chi connectivity index (χ2v) is 10.0. The van der Waals surface area contributed by atoms with E-state index in [0.717, 1.165) is 25.7 Å². The first-order valence-corrected chi connectivity index (χ1v) is 9.90. The van der Waals surface area contributed by atoms with Gasteiger partial charge in [-0.2, -0.15) is 0 Å². The second kappa shape index (κ2) is 5.61. The number of aliphatic hydroxyl groups excluding tert-OH is 1. The zero-order chi connectivity index (χ0) is 18.0. The number of fused-ring (bicyclic) bond motifs is 5. The third-order valence-corrected chi connectivity index (χ3v) is 7.20. The smallest absolute Gasteiger partial charge is 0.115 e. The summed E-state index contributed by atoms with van der Waals surface area (Å²) in [6.45, 7) is 9.00. The molecule has 0 amide bonds. The molecule has 2 heteroatoms. The van der Waals surface area contributed by atoms with Crippen molar-refractivity contribution in [1.29, 1.82) is 0 Å². The summed E-state index contributed by atoms with van der Waals surface area (Å²) in [4.78, 5) is 0. The monoisotopic (exact) mass is 340 g/mol. The fourth-order valence-corrected chi connectivity index (χ4v) is 6.12. The van der Waals surface area contributed by atoms with Crippen LogP contribution < -0.4 is 0 Å². The first-order valence-electron chi connectivity index (χ1n) is 9.90. The summed E-state index contributed by atoms with van der Waals surface area (Å²) in [6.07, 6.45) is 7.62. The Kier molecular flexibility index (Phi) is 3.85. The highest BCUT2D eigenvalue weighted by atomic mass is 16.3. The number of aliphatic hydroxyl groups is 1. The maximum absolute atomic E-state index is 11.1. The minimum atomic E-state index is -0.279. The van der Waals surface area contributed by atoms with Gasteiger partial charge in [-0.3, -0.25) is 0 Å². The van der Waals surface area contributed by atoms with E-state index < -0.39 is 0 Å². The zero-order valence-electron chi connectivity index (χ0n) is 16.0. The summed E-state index contributed by atoms with van der Waals surface area (Å²) in [5.74, 6) is 2.24. The number of benzene rings is 1. The lowest BCUT2D eigenvalue weighted by Gasteiger charge is -2.49. The molecule has 0 heterocycles. The molecule has 0 unspecified atom stereocenters. The van der Waals surface area contributed by atoms with Gasteiger partial charge in [0.2, 0.25) is 0 Å². The van der Waals surface area contributed by atoms with Gasteiger partial charge in [-0.05, 0) is 84.1 Å². The molecule has 0 aliphatic heterocycles. The number of aromatic hydroxyl groups is 1. The molecule has 3 aliphatic carbocycles. The van der Waals surface area contributed by atoms with Crippen LogP contribution in [0.5, 0.6) is 5.75 Å². The lowest BCUT2D eigenvalue weighted by molar-refractivity contribution is -0.0161. The SMILES string of the molecule is CC(C)(C)C=C1C[C@H]2[C@@H]3CCc4cc(O)ccc4[C@H]3CC[C@]2(C)[C@H]1O. The van der Waals surface area contributed by atoms with Crippen LogP contribution in [0.25, 0.3) is 0 Å². The van der Waals surface area contributed by atoms with Crippen molar-refractivity contribution in [3.63, 3.8) is 0 Å². The molecule has 1 aromatic rings. The molecule has 0 spiro atoms. The van der Waals surface area contributed by atoms with Crippen LogP contribution in [0.15, 0.2) is 29.8 Å². The van der Waals surface area contributed by atoms with Crippen molar-refractivity contribution in [1.82, 2.24) is 0 Å². The molecule has 2 N–H and O–H groups in total. The third-order valence-electron chi connectivity index (χ3n) is 7.20. The minimum absolute atomic E-state index is 0.0344. The van der Waals surface area contributed by atoms with Gasteiger partial charge in [0.1, 0.15) is 5.75 Å². The number of hydrogen-bond donors (Lipinski definition) is 2. The van der Waals surface area contributed by atoms with Crippen LogP contribution in [-0.4, -0.2) is 16.3 Å². The molecule has 2 nitrogen and oxygen atoms in total. The molecule has 2 fully saturated rings. The Morgan fingerprint density at radius 2 is 1.96 bits per heavy atom. The first kappa shape index (κ1) is 17.1. The summed E-state index contributed by atoms with van der Waals surface area (Å²) in [5.41, 5.74) is 4.23. The second-order valence-electron chi connectivity index (χ2n) is 10.0. The van der Waals surface area contributed by atoms with Gasteiger partial charge in [-0.15, -0.1) is 0 Å². The van der Waals surface area contributed by atoms with Gasteiger partial charge in [-0.1, -0.05) is 39.8 Å². The maximum atomic E-state index is 11.1. The topological polar surface area (TPSA) is 40.5 Å². The molecule has 2 saturated carbocycles. The number of allylic oxidation sites excluding steroid dienone is 1. The summed E-state index contributed by atoms with van der Waals surface area (Å²) < 4.78 is 0. The van der Waals surface area contributed by atoms with E-state index in [-0.39, 0.29) is 16.9 Å². The Morgan fingerprint density at radius 3 is 2.68 bits per heavy atom. The van der Waals surface area contributed by atoms with Crippen molar-refractivity contribution >= 4 is 0 Å². The summed E-state index contributed by atoms with van der Waals surface area (Å²) in [5, 5.41) is 20.9. The van der Waals surface area contributed by atoms with E-state index in [0.29, 0.717) is 23.5 Å². The first-order chi connectivity index (χ1) is 11.7. The number of rotatable bonds is 0. The Hall–Kier alpha value is -1.28. The van der Waals surface area contributed by atoms with Crippen LogP contribution in [0.4, 0.5) is 0 Å². The summed E-state index contributed by atoms with van der Waals surface area (Å²) in [7, 11) is 0. The molecule has 0 radical (unpaired) electrons. The lowest BCUT2D eigenvalue weighted by atomic mass is 9.55. The third kappa shape index (κ3) is 2.73. The van der Waals surface area contributed by atoms with Crippen LogP contribution in [0.2, 0.25) is 0 Å². The van der Waals surface area contributed by atoms with E-state index in [1.807, 2.05) is 12.1 Å². The fraction of sp³-hybridized carbons (Fsp3) is 0.652. The molecule has 4 rings (SSSR count). The van der Waals surface area contributed by atoms with Crippen LogP contribution in [0.1, 0.15) is 70.4 Å². The standard InChI is InChI=1S/C23H32O2/c1-22(2,3)13-15-12-20-19-7-5-14-11-16(24)6-8-17(14)18(19)9-10-23(20,4)21(15)25/h6,8,11,13,18-21,24-25H,5,7,9-10,12H2,1-4H3/t18-,19-,20+,21+,23+/m1/s1. The molecule has 25 heavy (non-hydrogen) atoms.